The van der Waals surface area contributed by atoms with Crippen molar-refractivity contribution in [2.45, 2.75) is 34.6 Å². The average molecular weight is 456 g/mol. The normalized spacial score (nSPS) is 10.9. The lowest BCUT2D eigenvalue weighted by molar-refractivity contribution is 0.454. The number of rotatable bonds is 5. The van der Waals surface area contributed by atoms with Gasteiger partial charge in [0.1, 0.15) is 28.7 Å². The number of anilines is 3. The molecule has 0 aliphatic heterocycles. The topological polar surface area (TPSA) is 73.2 Å². The second kappa shape index (κ2) is 9.02. The zero-order valence-corrected chi connectivity index (χ0v) is 20.0. The fraction of sp³-hybridized carbons (Fsp3) is 0.172. The van der Waals surface area contributed by atoms with Crippen molar-refractivity contribution in [2.75, 3.05) is 4.90 Å². The van der Waals surface area contributed by atoms with Crippen LogP contribution in [0.15, 0.2) is 66.7 Å². The lowest BCUT2D eigenvalue weighted by Gasteiger charge is -2.30. The van der Waals surface area contributed by atoms with Gasteiger partial charge in [0.05, 0.1) is 11.4 Å². The summed E-state index contributed by atoms with van der Waals surface area (Å²) in [7, 11) is 0. The van der Waals surface area contributed by atoms with E-state index in [9.17, 15) is 15.3 Å². The molecule has 0 bridgehead atoms. The lowest BCUT2D eigenvalue weighted by Crippen LogP contribution is -2.13. The maximum absolute atomic E-state index is 10.6. The molecule has 5 nitrogen and oxygen atoms in total. The number of aryl methyl sites for hydroxylation is 3. The highest BCUT2D eigenvalue weighted by Crippen LogP contribution is 2.44. The van der Waals surface area contributed by atoms with Gasteiger partial charge >= 0.3 is 0 Å². The number of nitrogens with zero attached hydrogens (tertiary/aromatic N) is 1. The molecule has 0 aliphatic rings. The third-order valence-corrected chi connectivity index (χ3v) is 5.82. The van der Waals surface area contributed by atoms with Gasteiger partial charge in [0, 0.05) is 28.9 Å². The minimum absolute atomic E-state index is 0.143. The van der Waals surface area contributed by atoms with Gasteiger partial charge in [-0.1, -0.05) is 6.07 Å². The van der Waals surface area contributed by atoms with E-state index in [0.717, 1.165) is 44.9 Å². The van der Waals surface area contributed by atoms with Crippen LogP contribution in [0.5, 0.6) is 28.7 Å². The minimum Gasteiger partial charge on any atom is -0.508 e. The molecule has 0 fully saturated rings. The fourth-order valence-corrected chi connectivity index (χ4v) is 4.12. The summed E-state index contributed by atoms with van der Waals surface area (Å²) in [5, 5.41) is 31.1. The zero-order valence-electron chi connectivity index (χ0n) is 20.0. The Kier molecular flexibility index (Phi) is 6.12. The first-order valence-electron chi connectivity index (χ1n) is 11.1. The first kappa shape index (κ1) is 23.1. The van der Waals surface area contributed by atoms with E-state index in [4.69, 9.17) is 4.74 Å². The van der Waals surface area contributed by atoms with Crippen LogP contribution in [0.4, 0.5) is 17.1 Å². The van der Waals surface area contributed by atoms with Gasteiger partial charge in [-0.25, -0.2) is 0 Å². The number of phenols is 3. The highest BCUT2D eigenvalue weighted by atomic mass is 16.5. The Morgan fingerprint density at radius 3 is 1.71 bits per heavy atom. The Morgan fingerprint density at radius 1 is 0.588 bits per heavy atom. The third kappa shape index (κ3) is 4.64. The Bertz CT molecular complexity index is 1300. The summed E-state index contributed by atoms with van der Waals surface area (Å²) in [6.45, 7) is 9.51. The van der Waals surface area contributed by atoms with E-state index in [1.165, 1.54) is 0 Å². The number of hydrogen-bond donors (Lipinski definition) is 3. The van der Waals surface area contributed by atoms with Gasteiger partial charge in [-0.05, 0) is 99.8 Å². The molecular formula is C29H29NO4. The number of phenolic OH excluding ortho intramolecular Hbond substituents is 3. The van der Waals surface area contributed by atoms with Crippen molar-refractivity contribution in [1.29, 1.82) is 0 Å². The van der Waals surface area contributed by atoms with Crippen LogP contribution in [0.3, 0.4) is 0 Å². The smallest absolute Gasteiger partial charge is 0.131 e. The van der Waals surface area contributed by atoms with Crippen molar-refractivity contribution in [3.63, 3.8) is 0 Å². The molecule has 4 aromatic carbocycles. The number of ether oxygens (including phenoxy) is 1. The van der Waals surface area contributed by atoms with Crippen molar-refractivity contribution in [1.82, 2.24) is 0 Å². The van der Waals surface area contributed by atoms with Gasteiger partial charge in [-0.2, -0.15) is 0 Å². The maximum atomic E-state index is 10.6. The molecule has 0 heterocycles. The standard InChI is InChI=1S/C29H29NO4/c1-17-9-23(31)16-25(10-17)34-24-8-6-7-22(15-24)30(26-11-18(2)13-28(32)20(26)4)27-12-19(3)14-29(33)21(27)5/h6-16,31-33H,1-5H3. The van der Waals surface area contributed by atoms with Gasteiger partial charge in [-0.3, -0.25) is 0 Å². The average Bonchev–Trinajstić information content (AvgIpc) is 2.74. The second-order valence-corrected chi connectivity index (χ2v) is 8.80. The van der Waals surface area contributed by atoms with Gasteiger partial charge in [-0.15, -0.1) is 0 Å². The highest BCUT2D eigenvalue weighted by Gasteiger charge is 2.21. The van der Waals surface area contributed by atoms with E-state index in [0.29, 0.717) is 11.5 Å². The fourth-order valence-electron chi connectivity index (χ4n) is 4.12. The molecule has 3 N–H and O–H groups in total. The van der Waals surface area contributed by atoms with Crippen LogP contribution in [0, 0.1) is 34.6 Å². The molecule has 0 radical (unpaired) electrons. The molecule has 0 atom stereocenters. The van der Waals surface area contributed by atoms with Gasteiger partial charge < -0.3 is 25.0 Å². The highest BCUT2D eigenvalue weighted by molar-refractivity contribution is 5.83. The largest absolute Gasteiger partial charge is 0.508 e. The summed E-state index contributed by atoms with van der Waals surface area (Å²) < 4.78 is 6.07. The van der Waals surface area contributed by atoms with Crippen LogP contribution in [-0.2, 0) is 0 Å². The van der Waals surface area contributed by atoms with Crippen LogP contribution >= 0.6 is 0 Å². The number of benzene rings is 4. The Hall–Kier alpha value is -4.12. The van der Waals surface area contributed by atoms with Gasteiger partial charge in [0.25, 0.3) is 0 Å². The Labute approximate surface area is 200 Å². The van der Waals surface area contributed by atoms with Crippen molar-refractivity contribution in [2.24, 2.45) is 0 Å². The van der Waals surface area contributed by atoms with E-state index >= 15 is 0 Å². The van der Waals surface area contributed by atoms with Gasteiger partial charge in [0.2, 0.25) is 0 Å². The Morgan fingerprint density at radius 2 is 1.15 bits per heavy atom. The van der Waals surface area contributed by atoms with E-state index < -0.39 is 0 Å². The van der Waals surface area contributed by atoms with Crippen LogP contribution in [0.1, 0.15) is 27.8 Å². The molecule has 0 unspecified atom stereocenters. The second-order valence-electron chi connectivity index (χ2n) is 8.80. The molecule has 0 spiro atoms. The summed E-state index contributed by atoms with van der Waals surface area (Å²) in [5.74, 6) is 1.69. The molecule has 4 rings (SSSR count). The van der Waals surface area contributed by atoms with Crippen LogP contribution < -0.4 is 9.64 Å². The SMILES string of the molecule is Cc1cc(O)cc(Oc2cccc(N(c3cc(C)cc(O)c3C)c3cc(C)cc(O)c3C)c2)c1. The molecule has 34 heavy (non-hydrogen) atoms. The first-order chi connectivity index (χ1) is 16.1. The number of aromatic hydroxyl groups is 3. The lowest BCUT2D eigenvalue weighted by atomic mass is 10.0. The molecule has 4 aromatic rings. The summed E-state index contributed by atoms with van der Waals surface area (Å²) in [6, 6.07) is 20.2. The molecule has 0 aliphatic carbocycles. The van der Waals surface area contributed by atoms with Crippen molar-refractivity contribution >= 4 is 17.1 Å². The third-order valence-electron chi connectivity index (χ3n) is 5.82. The summed E-state index contributed by atoms with van der Waals surface area (Å²) in [4.78, 5) is 2.02. The summed E-state index contributed by atoms with van der Waals surface area (Å²) in [5.41, 5.74) is 6.58. The van der Waals surface area contributed by atoms with Gasteiger partial charge in [0.15, 0.2) is 0 Å². The molecule has 0 amide bonds. The maximum Gasteiger partial charge on any atom is 0.131 e. The van der Waals surface area contributed by atoms with Crippen molar-refractivity contribution in [3.05, 3.63) is 94.5 Å². The monoisotopic (exact) mass is 455 g/mol. The molecule has 5 heteroatoms. The summed E-state index contributed by atoms with van der Waals surface area (Å²) >= 11 is 0. The predicted molar refractivity (Wildman–Crippen MR) is 136 cm³/mol. The van der Waals surface area contributed by atoms with E-state index in [1.807, 2.05) is 82.0 Å². The molecule has 174 valence electrons. The van der Waals surface area contributed by atoms with E-state index in [-0.39, 0.29) is 17.2 Å². The van der Waals surface area contributed by atoms with Crippen LogP contribution in [0.2, 0.25) is 0 Å². The molecule has 0 saturated heterocycles. The van der Waals surface area contributed by atoms with Crippen LogP contribution in [-0.4, -0.2) is 15.3 Å². The first-order valence-corrected chi connectivity index (χ1v) is 11.1. The quantitative estimate of drug-likeness (QED) is 0.289. The molecular weight excluding hydrogens is 426 g/mol. The van der Waals surface area contributed by atoms with E-state index in [1.54, 1.807) is 24.3 Å². The zero-order chi connectivity index (χ0) is 24.6. The predicted octanol–water partition coefficient (Wildman–Crippen LogP) is 7.61. The molecule has 0 aromatic heterocycles. The summed E-state index contributed by atoms with van der Waals surface area (Å²) in [6.07, 6.45) is 0. The molecule has 0 saturated carbocycles. The van der Waals surface area contributed by atoms with Crippen molar-refractivity contribution in [3.8, 4) is 28.7 Å². The van der Waals surface area contributed by atoms with E-state index in [2.05, 4.69) is 0 Å². The van der Waals surface area contributed by atoms with Crippen molar-refractivity contribution < 1.29 is 20.1 Å². The number of hydrogen-bond acceptors (Lipinski definition) is 5. The van der Waals surface area contributed by atoms with Crippen LogP contribution in [0.25, 0.3) is 0 Å². The minimum atomic E-state index is 0.143. The Balaban J connectivity index is 1.89.